The molecule has 322 valence electrons. The molecule has 1 amide bonds. The molecule has 0 aliphatic carbocycles. The number of phosphoric acid groups is 1. The van der Waals surface area contributed by atoms with Crippen molar-refractivity contribution >= 4 is 56.3 Å². The van der Waals surface area contributed by atoms with Crippen molar-refractivity contribution in [2.75, 3.05) is 25.1 Å². The predicted octanol–water partition coefficient (Wildman–Crippen LogP) is 4.27. The number of phosphoric ester groups is 1. The Morgan fingerprint density at radius 1 is 1.15 bits per heavy atom. The van der Waals surface area contributed by atoms with E-state index in [1.807, 2.05) is 6.07 Å². The lowest BCUT2D eigenvalue weighted by atomic mass is 10.1. The van der Waals surface area contributed by atoms with Gasteiger partial charge in [0.2, 0.25) is 11.9 Å². The lowest BCUT2D eigenvalue weighted by molar-refractivity contribution is -0.118. The number of amides is 1. The maximum atomic E-state index is 16.1. The number of nitrogens with one attached hydrogen (secondary N) is 2. The summed E-state index contributed by atoms with van der Waals surface area (Å²) < 4.78 is 93.7. The first-order valence-corrected chi connectivity index (χ1v) is 20.9. The van der Waals surface area contributed by atoms with Crippen molar-refractivity contribution in [1.82, 2.24) is 34.1 Å². The second-order valence-corrected chi connectivity index (χ2v) is 16.1. The zero-order chi connectivity index (χ0) is 43.4. The summed E-state index contributed by atoms with van der Waals surface area (Å²) in [6.45, 7) is 1.25. The van der Waals surface area contributed by atoms with Crippen molar-refractivity contribution in [1.29, 1.82) is 5.26 Å². The molecule has 2 fully saturated rings. The van der Waals surface area contributed by atoms with Gasteiger partial charge in [0, 0.05) is 24.1 Å². The Morgan fingerprint density at radius 2 is 1.93 bits per heavy atom. The number of Topliss-reactive ketones (excluding diaryl/α,β-unsaturated/α-hetero) is 1. The Kier molecular flexibility index (Phi) is 13.5. The molecule has 61 heavy (non-hydrogen) atoms. The van der Waals surface area contributed by atoms with Crippen molar-refractivity contribution in [3.63, 3.8) is 0 Å². The fourth-order valence-corrected chi connectivity index (χ4v) is 8.47. The Hall–Kier alpha value is -5.27. The molecule has 2 aliphatic rings. The smallest absolute Gasteiger partial charge is 0.394 e. The normalized spacial score (nSPS) is 23.8. The summed E-state index contributed by atoms with van der Waals surface area (Å²) in [6.07, 6.45) is -7.73. The van der Waals surface area contributed by atoms with Crippen LogP contribution in [0.25, 0.3) is 22.2 Å². The van der Waals surface area contributed by atoms with Crippen LogP contribution in [0.5, 0.6) is 0 Å². The number of aliphatic hydroxyl groups excluding tert-OH is 1. The number of benzene rings is 1. The van der Waals surface area contributed by atoms with Gasteiger partial charge in [0.15, 0.2) is 41.3 Å². The van der Waals surface area contributed by atoms with Gasteiger partial charge in [-0.15, -0.1) is 0 Å². The van der Waals surface area contributed by atoms with E-state index in [1.165, 1.54) is 10.9 Å². The van der Waals surface area contributed by atoms with Gasteiger partial charge in [-0.05, 0) is 0 Å². The monoisotopic (exact) mass is 887 g/mol. The highest BCUT2D eigenvalue weighted by Gasteiger charge is 2.50. The van der Waals surface area contributed by atoms with Gasteiger partial charge in [0.1, 0.15) is 36.5 Å². The van der Waals surface area contributed by atoms with Crippen LogP contribution in [0.15, 0.2) is 54.0 Å². The fraction of sp³-hybridized carbons (Fsp3) is 0.444. The number of hydrogen-bond donors (Lipinski definition) is 3. The van der Waals surface area contributed by atoms with E-state index < -0.39 is 103 Å². The van der Waals surface area contributed by atoms with Crippen molar-refractivity contribution in [2.45, 2.75) is 76.2 Å². The molecule has 2 aliphatic heterocycles. The third-order valence-electron chi connectivity index (χ3n) is 9.76. The quantitative estimate of drug-likeness (QED) is 0.0629. The molecule has 1 unspecified atom stereocenters. The lowest BCUT2D eigenvalue weighted by Crippen LogP contribution is -2.31. The summed E-state index contributed by atoms with van der Waals surface area (Å²) in [5, 5.41) is 21.8. The van der Waals surface area contributed by atoms with Gasteiger partial charge in [0.05, 0.1) is 56.1 Å². The number of halogens is 2. The van der Waals surface area contributed by atoms with Crippen LogP contribution in [0, 0.1) is 23.1 Å². The second-order valence-electron chi connectivity index (χ2n) is 14.1. The fourth-order valence-electron chi connectivity index (χ4n) is 6.76. The van der Waals surface area contributed by atoms with E-state index in [-0.39, 0.29) is 58.9 Å². The molecule has 0 saturated carbocycles. The van der Waals surface area contributed by atoms with Crippen LogP contribution in [0.3, 0.4) is 0 Å². The Morgan fingerprint density at radius 3 is 2.66 bits per heavy atom. The van der Waals surface area contributed by atoms with Gasteiger partial charge in [-0.1, -0.05) is 44.2 Å². The third-order valence-corrected chi connectivity index (χ3v) is 11.6. The average molecular weight is 888 g/mol. The number of H-pyrrole nitrogens is 1. The summed E-state index contributed by atoms with van der Waals surface area (Å²) in [5.74, 6) is -2.22. The minimum Gasteiger partial charge on any atom is -0.394 e. The van der Waals surface area contributed by atoms with Crippen LogP contribution < -0.4 is 10.9 Å². The minimum atomic E-state index is -4.79. The highest BCUT2D eigenvalue weighted by molar-refractivity contribution is 7.48. The maximum Gasteiger partial charge on any atom is 0.475 e. The molecule has 1 aromatic carbocycles. The number of rotatable bonds is 18. The molecule has 5 aromatic rings. The zero-order valence-corrected chi connectivity index (χ0v) is 34.0. The molecule has 0 bridgehead atoms. The molecule has 8 atom stereocenters. The molecule has 21 nitrogen and oxygen atoms in total. The number of carbonyl (C=O) groups excluding carboxylic acids is 2. The van der Waals surface area contributed by atoms with Crippen LogP contribution in [-0.2, 0) is 47.9 Å². The Bertz CT molecular complexity index is 2570. The van der Waals surface area contributed by atoms with E-state index in [0.717, 1.165) is 17.1 Å². The van der Waals surface area contributed by atoms with E-state index in [4.69, 9.17) is 32.8 Å². The van der Waals surface area contributed by atoms with Gasteiger partial charge >= 0.3 is 16.5 Å². The number of fused-ring (bicyclic) bond motifs is 2. The van der Waals surface area contributed by atoms with Crippen LogP contribution in [-0.4, -0.2) is 101 Å². The Labute approximate surface area is 345 Å². The third kappa shape index (κ3) is 9.33. The predicted molar refractivity (Wildman–Crippen MR) is 205 cm³/mol. The number of alkyl halides is 1. The molecule has 4 aromatic heterocycles. The number of hydrogen-bond acceptors (Lipinski definition) is 17. The maximum absolute atomic E-state index is 16.1. The van der Waals surface area contributed by atoms with Crippen LogP contribution in [0.2, 0.25) is 0 Å². The molecular formula is C36H37F2N9O12P2. The number of aromatic amines is 1. The number of anilines is 1. The van der Waals surface area contributed by atoms with E-state index in [0.29, 0.717) is 5.56 Å². The van der Waals surface area contributed by atoms with Gasteiger partial charge < -0.3 is 19.1 Å². The van der Waals surface area contributed by atoms with Crippen LogP contribution >= 0.6 is 16.5 Å². The molecule has 25 heteroatoms. The molecule has 7 rings (SSSR count). The van der Waals surface area contributed by atoms with Gasteiger partial charge in [-0.25, -0.2) is 32.9 Å². The highest BCUT2D eigenvalue weighted by Crippen LogP contribution is 2.54. The number of nitrogens with zero attached hydrogens (tertiary/aromatic N) is 7. The van der Waals surface area contributed by atoms with Crippen molar-refractivity contribution in [3.05, 3.63) is 76.6 Å². The minimum absolute atomic E-state index is 0.0341. The SMILES string of the molecule is CC(C)C(=O)Nc1nc2c(ncn2[C@@H]2O[C@H](COP(=O)(OCCC#N)O[C@H]3C[C@H](n4cc(F)c5c(CC(=O)c6ccccc6)ncnc54)O[C@@H]3CO)[C@@H](F)[C@H]2OP=O)c(=O)[nH]1. The van der Waals surface area contributed by atoms with Gasteiger partial charge in [-0.3, -0.25) is 47.3 Å². The lowest BCUT2D eigenvalue weighted by Gasteiger charge is -2.24. The average Bonchev–Trinajstić information content (AvgIpc) is 4.01. The zero-order valence-electron chi connectivity index (χ0n) is 32.2. The van der Waals surface area contributed by atoms with E-state index >= 15 is 8.78 Å². The van der Waals surface area contributed by atoms with Gasteiger partial charge in [0.25, 0.3) is 5.56 Å². The number of ketones is 1. The van der Waals surface area contributed by atoms with E-state index in [9.17, 15) is 28.6 Å². The number of ether oxygens (including phenoxy) is 2. The number of aliphatic hydroxyl groups is 1. The van der Waals surface area contributed by atoms with Crippen molar-refractivity contribution in [3.8, 4) is 6.07 Å². The molecule has 2 saturated heterocycles. The summed E-state index contributed by atoms with van der Waals surface area (Å²) in [7, 11) is -5.73. The first kappa shape index (κ1) is 43.8. The van der Waals surface area contributed by atoms with E-state index in [2.05, 4.69) is 30.2 Å². The number of imidazole rings is 1. The highest BCUT2D eigenvalue weighted by atomic mass is 31.2. The molecule has 6 heterocycles. The molecule has 0 spiro atoms. The first-order valence-electron chi connectivity index (χ1n) is 18.7. The summed E-state index contributed by atoms with van der Waals surface area (Å²) >= 11 is 0. The van der Waals surface area contributed by atoms with Crippen LogP contribution in [0.4, 0.5) is 14.7 Å². The Balaban J connectivity index is 1.09. The number of carbonyl (C=O) groups is 2. The first-order chi connectivity index (χ1) is 29.3. The standard InChI is InChI=1S/C36H37F2N9O12P2/c1-18(2)33(50)44-36-43-32-29(34(51)45-36)42-17-47(32)35-30(58-60-52)28(38)25(57-35)15-55-61(53,54-10-6-9-39)59-23-12-26(56-24(23)14-48)46-13-20(37)27-21(40-16-41-31(27)46)11-22(49)19-7-4-3-5-8-19/h3-5,7-8,13,16-18,23-26,28,30,35,48H,6,10-12,14-15H2,1-2H3,(H2,43,44,45,50,51)/t23-,24+,25+,26+,28+,30+,35+,61?/m0/s1. The topological polar surface area (TPSA) is 274 Å². The van der Waals surface area contributed by atoms with Crippen molar-refractivity contribution < 1.29 is 60.2 Å². The largest absolute Gasteiger partial charge is 0.475 e. The number of nitriles is 1. The van der Waals surface area contributed by atoms with Crippen molar-refractivity contribution in [2.24, 2.45) is 5.92 Å². The molecular weight excluding hydrogens is 850 g/mol. The second kappa shape index (κ2) is 18.8. The van der Waals surface area contributed by atoms with Crippen LogP contribution in [0.1, 0.15) is 55.2 Å². The van der Waals surface area contributed by atoms with Gasteiger partial charge in [-0.2, -0.15) is 10.2 Å². The summed E-state index contributed by atoms with van der Waals surface area (Å²) in [6, 6.07) is 10.2. The molecule has 0 radical (unpaired) electrons. The summed E-state index contributed by atoms with van der Waals surface area (Å²) in [4.78, 5) is 57.1. The van der Waals surface area contributed by atoms with E-state index in [1.54, 1.807) is 44.2 Å². The summed E-state index contributed by atoms with van der Waals surface area (Å²) in [5.41, 5.74) is -0.512. The number of aromatic nitrogens is 7. The molecule has 3 N–H and O–H groups in total.